The van der Waals surface area contributed by atoms with Crippen molar-refractivity contribution in [2.24, 2.45) is 0 Å². The first-order chi connectivity index (χ1) is 13.0. The van der Waals surface area contributed by atoms with Crippen molar-refractivity contribution in [1.29, 1.82) is 0 Å². The molecule has 1 amide bonds. The second kappa shape index (κ2) is 10.5. The van der Waals surface area contributed by atoms with Crippen LogP contribution in [0.25, 0.3) is 10.2 Å². The van der Waals surface area contributed by atoms with Crippen LogP contribution in [0.5, 0.6) is 0 Å². The molecule has 0 spiro atoms. The molecule has 1 aromatic heterocycles. The van der Waals surface area contributed by atoms with Crippen LogP contribution in [0.4, 0.5) is 5.13 Å². The third-order valence-corrected chi connectivity index (χ3v) is 6.68. The Bertz CT molecular complexity index is 928. The van der Waals surface area contributed by atoms with E-state index in [9.17, 15) is 4.79 Å². The molecule has 0 saturated carbocycles. The summed E-state index contributed by atoms with van der Waals surface area (Å²) >= 11 is 4.96. The van der Waals surface area contributed by atoms with Crippen LogP contribution >= 0.6 is 47.3 Å². The van der Waals surface area contributed by atoms with Crippen molar-refractivity contribution in [3.05, 3.63) is 48.0 Å². The van der Waals surface area contributed by atoms with Gasteiger partial charge in [-0.15, -0.1) is 35.9 Å². The molecule has 28 heavy (non-hydrogen) atoms. The average molecular weight is 454 g/mol. The molecule has 0 fully saturated rings. The number of carbonyl (C=O) groups is 1. The van der Waals surface area contributed by atoms with E-state index >= 15 is 0 Å². The van der Waals surface area contributed by atoms with Crippen molar-refractivity contribution >= 4 is 68.5 Å². The molecule has 0 N–H and O–H groups in total. The van der Waals surface area contributed by atoms with E-state index in [1.807, 2.05) is 50.7 Å². The maximum atomic E-state index is 13.2. The molecule has 0 aliphatic heterocycles. The first-order valence-electron chi connectivity index (χ1n) is 8.57. The summed E-state index contributed by atoms with van der Waals surface area (Å²) in [6, 6.07) is 14.0. The van der Waals surface area contributed by atoms with Crippen LogP contribution in [-0.2, 0) is 0 Å². The molecule has 8 heteroatoms. The summed E-state index contributed by atoms with van der Waals surface area (Å²) in [5.74, 6) is -0.00588. The van der Waals surface area contributed by atoms with Gasteiger partial charge in [0.2, 0.25) is 0 Å². The lowest BCUT2D eigenvalue weighted by Gasteiger charge is -2.22. The van der Waals surface area contributed by atoms with Gasteiger partial charge < -0.3 is 4.90 Å². The number of likely N-dealkylation sites (N-methyl/N-ethyl adjacent to an activating group) is 1. The van der Waals surface area contributed by atoms with Gasteiger partial charge in [-0.25, -0.2) is 4.98 Å². The Morgan fingerprint density at radius 3 is 2.25 bits per heavy atom. The summed E-state index contributed by atoms with van der Waals surface area (Å²) in [5, 5.41) is 0.754. The number of thiazole rings is 1. The molecule has 0 aliphatic rings. The number of aromatic nitrogens is 1. The van der Waals surface area contributed by atoms with Crippen molar-refractivity contribution in [3.8, 4) is 0 Å². The minimum Gasteiger partial charge on any atom is -0.308 e. The third kappa shape index (κ3) is 5.42. The van der Waals surface area contributed by atoms with Gasteiger partial charge in [0.05, 0.1) is 10.2 Å². The maximum absolute atomic E-state index is 13.2. The topological polar surface area (TPSA) is 36.4 Å². The van der Waals surface area contributed by atoms with Gasteiger partial charge in [0.1, 0.15) is 0 Å². The Balaban J connectivity index is 0.00000280. The van der Waals surface area contributed by atoms with E-state index in [4.69, 9.17) is 4.98 Å². The molecular weight excluding hydrogens is 430 g/mol. The summed E-state index contributed by atoms with van der Waals surface area (Å²) in [6.07, 6.45) is 4.10. The van der Waals surface area contributed by atoms with Crippen LogP contribution in [-0.4, -0.2) is 55.5 Å². The number of halogens is 1. The van der Waals surface area contributed by atoms with Crippen molar-refractivity contribution in [2.75, 3.05) is 44.6 Å². The van der Waals surface area contributed by atoms with E-state index in [2.05, 4.69) is 23.3 Å². The molecule has 1 heterocycles. The lowest BCUT2D eigenvalue weighted by molar-refractivity contribution is 0.0985. The normalized spacial score (nSPS) is 10.9. The second-order valence-corrected chi connectivity index (χ2v) is 9.09. The number of anilines is 1. The molecule has 0 aliphatic carbocycles. The molecule has 3 rings (SSSR count). The predicted octanol–water partition coefficient (Wildman–Crippen LogP) is 5.37. The van der Waals surface area contributed by atoms with Crippen LogP contribution in [0, 0.1) is 0 Å². The van der Waals surface area contributed by atoms with Crippen LogP contribution < -0.4 is 4.90 Å². The van der Waals surface area contributed by atoms with E-state index in [1.54, 1.807) is 39.8 Å². The van der Waals surface area contributed by atoms with E-state index in [-0.39, 0.29) is 18.3 Å². The molecule has 0 radical (unpaired) electrons. The molecule has 4 nitrogen and oxygen atoms in total. The Morgan fingerprint density at radius 2 is 1.64 bits per heavy atom. The minimum absolute atomic E-state index is 0. The first-order valence-corrected chi connectivity index (χ1v) is 11.8. The number of hydrogen-bond donors (Lipinski definition) is 0. The Hall–Kier alpha value is -1.25. The maximum Gasteiger partial charge on any atom is 0.260 e. The SMILES string of the molecule is CSc1ccc(C(=O)N(CCN(C)C)c2nc3ccc(SC)cc3s2)cc1.Cl. The number of hydrogen-bond acceptors (Lipinski definition) is 6. The van der Waals surface area contributed by atoms with Crippen molar-refractivity contribution < 1.29 is 4.79 Å². The Labute approximate surface area is 185 Å². The smallest absolute Gasteiger partial charge is 0.260 e. The van der Waals surface area contributed by atoms with E-state index in [1.165, 1.54) is 4.90 Å². The molecule has 2 aromatic carbocycles. The van der Waals surface area contributed by atoms with Crippen LogP contribution in [0.2, 0.25) is 0 Å². The number of amides is 1. The Kier molecular flexibility index (Phi) is 8.64. The quantitative estimate of drug-likeness (QED) is 0.449. The van der Waals surface area contributed by atoms with Crippen molar-refractivity contribution in [1.82, 2.24) is 9.88 Å². The number of carbonyl (C=O) groups excluding carboxylic acids is 1. The number of fused-ring (bicyclic) bond motifs is 1. The summed E-state index contributed by atoms with van der Waals surface area (Å²) in [7, 11) is 4.03. The highest BCUT2D eigenvalue weighted by molar-refractivity contribution is 7.98. The lowest BCUT2D eigenvalue weighted by atomic mass is 10.2. The molecular formula is C20H24ClN3OS3. The molecule has 0 bridgehead atoms. The fraction of sp³-hybridized carbons (Fsp3) is 0.300. The first kappa shape index (κ1) is 23.0. The number of benzene rings is 2. The van der Waals surface area contributed by atoms with Crippen molar-refractivity contribution in [2.45, 2.75) is 9.79 Å². The highest BCUT2D eigenvalue weighted by atomic mass is 35.5. The fourth-order valence-corrected chi connectivity index (χ4v) is 4.56. The van der Waals surface area contributed by atoms with Gasteiger partial charge in [0.15, 0.2) is 5.13 Å². The molecule has 3 aromatic rings. The van der Waals surface area contributed by atoms with E-state index in [0.717, 1.165) is 26.8 Å². The molecule has 0 atom stereocenters. The summed E-state index contributed by atoms with van der Waals surface area (Å²) < 4.78 is 1.11. The van der Waals surface area contributed by atoms with Gasteiger partial charge in [-0.2, -0.15) is 0 Å². The largest absolute Gasteiger partial charge is 0.308 e. The fourth-order valence-electron chi connectivity index (χ4n) is 2.61. The summed E-state index contributed by atoms with van der Waals surface area (Å²) in [6.45, 7) is 1.38. The predicted molar refractivity (Wildman–Crippen MR) is 127 cm³/mol. The monoisotopic (exact) mass is 453 g/mol. The zero-order chi connectivity index (χ0) is 19.4. The molecule has 0 unspecified atom stereocenters. The number of rotatable bonds is 7. The summed E-state index contributed by atoms with van der Waals surface area (Å²) in [5.41, 5.74) is 1.63. The third-order valence-electron chi connectivity index (χ3n) is 4.17. The van der Waals surface area contributed by atoms with Gasteiger partial charge in [-0.3, -0.25) is 9.69 Å². The lowest BCUT2D eigenvalue weighted by Crippen LogP contribution is -2.36. The van der Waals surface area contributed by atoms with Crippen LogP contribution in [0.15, 0.2) is 52.3 Å². The van der Waals surface area contributed by atoms with Crippen LogP contribution in [0.3, 0.4) is 0 Å². The van der Waals surface area contributed by atoms with Gasteiger partial charge in [-0.1, -0.05) is 11.3 Å². The highest BCUT2D eigenvalue weighted by Crippen LogP contribution is 2.32. The number of thioether (sulfide) groups is 2. The molecule has 0 saturated heterocycles. The summed E-state index contributed by atoms with van der Waals surface area (Å²) in [4.78, 5) is 24.2. The molecule has 150 valence electrons. The minimum atomic E-state index is -0.00588. The highest BCUT2D eigenvalue weighted by Gasteiger charge is 2.21. The Morgan fingerprint density at radius 1 is 1.00 bits per heavy atom. The van der Waals surface area contributed by atoms with E-state index in [0.29, 0.717) is 12.1 Å². The van der Waals surface area contributed by atoms with Gasteiger partial charge >= 0.3 is 0 Å². The average Bonchev–Trinajstić information content (AvgIpc) is 3.10. The van der Waals surface area contributed by atoms with E-state index < -0.39 is 0 Å². The van der Waals surface area contributed by atoms with Gasteiger partial charge in [0, 0.05) is 28.4 Å². The second-order valence-electron chi connectivity index (χ2n) is 6.32. The van der Waals surface area contributed by atoms with Crippen LogP contribution in [0.1, 0.15) is 10.4 Å². The number of nitrogens with zero attached hydrogens (tertiary/aromatic N) is 3. The standard InChI is InChI=1S/C20H23N3OS3.ClH/c1-22(2)11-12-23(19(24)14-5-7-15(25-3)8-6-14)20-21-17-10-9-16(26-4)13-18(17)27-20;/h5-10,13H,11-12H2,1-4H3;1H. The zero-order valence-corrected chi connectivity index (χ0v) is 19.6. The van der Waals surface area contributed by atoms with Gasteiger partial charge in [-0.05, 0) is 69.1 Å². The van der Waals surface area contributed by atoms with Gasteiger partial charge in [0.25, 0.3) is 5.91 Å². The van der Waals surface area contributed by atoms with Crippen molar-refractivity contribution in [3.63, 3.8) is 0 Å². The zero-order valence-electron chi connectivity index (χ0n) is 16.3.